The number of esters is 1. The average Bonchev–Trinajstić information content (AvgIpc) is 3.15. The lowest BCUT2D eigenvalue weighted by Gasteiger charge is -2.63. The Labute approximate surface area is 148 Å². The first kappa shape index (κ1) is 16.3. The molecule has 0 saturated heterocycles. The van der Waals surface area contributed by atoms with E-state index in [1.807, 2.05) is 0 Å². The molecule has 3 N–H and O–H groups in total. The quantitative estimate of drug-likeness (QED) is 0.578. The van der Waals surface area contributed by atoms with E-state index in [0.717, 1.165) is 18.8 Å². The van der Waals surface area contributed by atoms with Crippen LogP contribution in [0.15, 0.2) is 11.1 Å². The second kappa shape index (κ2) is 4.49. The molecule has 4 saturated carbocycles. The molecule has 5 rings (SSSR count). The highest BCUT2D eigenvalue weighted by Gasteiger charge is 2.73. The highest BCUT2D eigenvalue weighted by atomic mass is 16.6. The van der Waals surface area contributed by atoms with Crippen LogP contribution in [0.3, 0.4) is 0 Å². The van der Waals surface area contributed by atoms with Gasteiger partial charge in [-0.15, -0.1) is 0 Å². The van der Waals surface area contributed by atoms with E-state index >= 15 is 0 Å². The zero-order valence-corrected chi connectivity index (χ0v) is 15.2. The molecule has 1 heterocycles. The van der Waals surface area contributed by atoms with E-state index in [9.17, 15) is 20.1 Å². The van der Waals surface area contributed by atoms with Gasteiger partial charge in [-0.05, 0) is 61.7 Å². The number of hydrogen-bond acceptors (Lipinski definition) is 5. The number of ether oxygens (including phenoxy) is 1. The third-order valence-corrected chi connectivity index (χ3v) is 8.95. The van der Waals surface area contributed by atoms with Crippen LogP contribution in [0.2, 0.25) is 0 Å². The van der Waals surface area contributed by atoms with Gasteiger partial charge < -0.3 is 20.1 Å². The predicted octanol–water partition coefficient (Wildman–Crippen LogP) is 1.55. The molecule has 0 spiro atoms. The summed E-state index contributed by atoms with van der Waals surface area (Å²) in [7, 11) is 0. The van der Waals surface area contributed by atoms with Crippen molar-refractivity contribution in [1.82, 2.24) is 0 Å². The lowest BCUT2D eigenvalue weighted by Crippen LogP contribution is -2.71. The van der Waals surface area contributed by atoms with Crippen LogP contribution < -0.4 is 0 Å². The fourth-order valence-corrected chi connectivity index (χ4v) is 7.36. The molecule has 138 valence electrons. The van der Waals surface area contributed by atoms with Crippen LogP contribution in [0.5, 0.6) is 0 Å². The third-order valence-electron chi connectivity index (χ3n) is 8.95. The molecule has 0 amide bonds. The van der Waals surface area contributed by atoms with Gasteiger partial charge in [0, 0.05) is 17.1 Å². The molecule has 25 heavy (non-hydrogen) atoms. The fraction of sp³-hybridized carbons (Fsp3) is 0.850. The van der Waals surface area contributed by atoms with Crippen molar-refractivity contribution in [2.24, 2.45) is 28.6 Å². The maximum atomic E-state index is 12.0. The van der Waals surface area contributed by atoms with Gasteiger partial charge in [0.1, 0.15) is 17.8 Å². The zero-order chi connectivity index (χ0) is 17.9. The molecule has 0 aromatic carbocycles. The van der Waals surface area contributed by atoms with Crippen molar-refractivity contribution >= 4 is 5.97 Å². The van der Waals surface area contributed by atoms with Crippen molar-refractivity contribution in [2.75, 3.05) is 0 Å². The summed E-state index contributed by atoms with van der Waals surface area (Å²) in [4.78, 5) is 12.0. The molecule has 0 aromatic rings. The Balaban J connectivity index is 1.62. The summed E-state index contributed by atoms with van der Waals surface area (Å²) in [6.45, 7) is 6.19. The Kier molecular flexibility index (Phi) is 2.92. The van der Waals surface area contributed by atoms with Crippen LogP contribution in [-0.4, -0.2) is 45.2 Å². The highest BCUT2D eigenvalue weighted by molar-refractivity contribution is 5.92. The van der Waals surface area contributed by atoms with Crippen molar-refractivity contribution in [2.45, 2.75) is 76.8 Å². The van der Waals surface area contributed by atoms with Crippen LogP contribution in [0.4, 0.5) is 0 Å². The Morgan fingerprint density at radius 1 is 1.12 bits per heavy atom. The number of carbonyl (C=O) groups excluding carboxylic acids is 1. The molecule has 9 atom stereocenters. The zero-order valence-electron chi connectivity index (χ0n) is 15.2. The smallest absolute Gasteiger partial charge is 0.334 e. The molecule has 5 nitrogen and oxygen atoms in total. The molecule has 4 aliphatic carbocycles. The Morgan fingerprint density at radius 2 is 1.84 bits per heavy atom. The molecular weight excluding hydrogens is 320 g/mol. The molecule has 0 aromatic heterocycles. The van der Waals surface area contributed by atoms with E-state index < -0.39 is 29.9 Å². The summed E-state index contributed by atoms with van der Waals surface area (Å²) in [5.41, 5.74) is -0.619. The van der Waals surface area contributed by atoms with Gasteiger partial charge in [0.05, 0.1) is 6.10 Å². The van der Waals surface area contributed by atoms with E-state index in [1.54, 1.807) is 6.92 Å². The lowest BCUT2D eigenvalue weighted by atomic mass is 9.44. The van der Waals surface area contributed by atoms with Gasteiger partial charge in [-0.1, -0.05) is 13.8 Å². The van der Waals surface area contributed by atoms with Crippen molar-refractivity contribution in [3.8, 4) is 0 Å². The topological polar surface area (TPSA) is 87.0 Å². The van der Waals surface area contributed by atoms with Crippen LogP contribution in [0.1, 0.15) is 52.9 Å². The predicted molar refractivity (Wildman–Crippen MR) is 89.3 cm³/mol. The third kappa shape index (κ3) is 1.68. The molecule has 5 aliphatic rings. The Morgan fingerprint density at radius 3 is 2.56 bits per heavy atom. The SMILES string of the molecule is CC1=C2[C@@H](O)[C@@]3(O)[C@H](C[C@H]2OC1=O)[C@@]1(C)CC[C@H]2C[C@@]2(C)[C@@H]1C[C@@H]3O. The number of aliphatic hydroxyl groups excluding tert-OH is 2. The Bertz CT molecular complexity index is 700. The van der Waals surface area contributed by atoms with Gasteiger partial charge in [0.15, 0.2) is 0 Å². The van der Waals surface area contributed by atoms with E-state index in [-0.39, 0.29) is 16.7 Å². The fourth-order valence-electron chi connectivity index (χ4n) is 7.36. The number of carbonyl (C=O) groups is 1. The molecule has 0 radical (unpaired) electrons. The first-order valence-corrected chi connectivity index (χ1v) is 9.64. The van der Waals surface area contributed by atoms with Gasteiger partial charge in [-0.2, -0.15) is 0 Å². The summed E-state index contributed by atoms with van der Waals surface area (Å²) in [5.74, 6) is 0.402. The summed E-state index contributed by atoms with van der Waals surface area (Å²) >= 11 is 0. The van der Waals surface area contributed by atoms with E-state index in [2.05, 4.69) is 13.8 Å². The molecule has 1 aliphatic heterocycles. The monoisotopic (exact) mass is 348 g/mol. The van der Waals surface area contributed by atoms with Crippen LogP contribution >= 0.6 is 0 Å². The standard InChI is InChI=1S/C20H28O5/c1-9-15-11(25-17(9)23)6-13-18(2)5-4-10-8-19(10,3)12(18)7-14(21)20(13,24)16(15)22/h10-14,16,21-22,24H,4-8H2,1-3H3/t10-,11+,12+,13+,14-,16+,18-,19+,20+/m0/s1. The summed E-state index contributed by atoms with van der Waals surface area (Å²) in [6, 6.07) is 0. The van der Waals surface area contributed by atoms with Crippen molar-refractivity contribution in [3.63, 3.8) is 0 Å². The van der Waals surface area contributed by atoms with E-state index in [0.29, 0.717) is 29.9 Å². The van der Waals surface area contributed by atoms with Gasteiger partial charge >= 0.3 is 5.97 Å². The van der Waals surface area contributed by atoms with Gasteiger partial charge in [0.25, 0.3) is 0 Å². The largest absolute Gasteiger partial charge is 0.454 e. The minimum atomic E-state index is -1.59. The molecule has 4 fully saturated rings. The van der Waals surface area contributed by atoms with E-state index in [4.69, 9.17) is 4.74 Å². The summed E-state index contributed by atoms with van der Waals surface area (Å²) in [6.07, 6.45) is 1.71. The number of hydrogen-bond donors (Lipinski definition) is 3. The summed E-state index contributed by atoms with van der Waals surface area (Å²) in [5, 5.41) is 33.6. The first-order valence-electron chi connectivity index (χ1n) is 9.64. The van der Waals surface area contributed by atoms with Crippen LogP contribution in [0.25, 0.3) is 0 Å². The Hall–Kier alpha value is -0.910. The second-order valence-electron chi connectivity index (χ2n) is 9.81. The minimum Gasteiger partial charge on any atom is -0.454 e. The lowest BCUT2D eigenvalue weighted by molar-refractivity contribution is -0.263. The van der Waals surface area contributed by atoms with Gasteiger partial charge in [-0.3, -0.25) is 0 Å². The summed E-state index contributed by atoms with van der Waals surface area (Å²) < 4.78 is 5.50. The van der Waals surface area contributed by atoms with Crippen molar-refractivity contribution in [3.05, 3.63) is 11.1 Å². The molecular formula is C20H28O5. The molecule has 0 bridgehead atoms. The van der Waals surface area contributed by atoms with Crippen molar-refractivity contribution < 1.29 is 24.9 Å². The van der Waals surface area contributed by atoms with Gasteiger partial charge in [0.2, 0.25) is 0 Å². The number of rotatable bonds is 0. The average molecular weight is 348 g/mol. The second-order valence-corrected chi connectivity index (χ2v) is 9.81. The molecule has 0 unspecified atom stereocenters. The van der Waals surface area contributed by atoms with Crippen LogP contribution in [-0.2, 0) is 9.53 Å². The first-order chi connectivity index (χ1) is 11.6. The number of fused-ring (bicyclic) bond motifs is 6. The number of aliphatic hydroxyl groups is 3. The minimum absolute atomic E-state index is 0.148. The van der Waals surface area contributed by atoms with Crippen molar-refractivity contribution in [1.29, 1.82) is 0 Å². The maximum absolute atomic E-state index is 12.0. The highest BCUT2D eigenvalue weighted by Crippen LogP contribution is 2.74. The normalized spacial score (nSPS) is 59.5. The van der Waals surface area contributed by atoms with Gasteiger partial charge in [-0.25, -0.2) is 4.79 Å². The van der Waals surface area contributed by atoms with Crippen LogP contribution in [0, 0.1) is 28.6 Å². The molecule has 5 heteroatoms. The van der Waals surface area contributed by atoms with E-state index in [1.165, 1.54) is 6.42 Å². The maximum Gasteiger partial charge on any atom is 0.334 e.